The van der Waals surface area contributed by atoms with E-state index in [0.29, 0.717) is 46.1 Å². The molecule has 0 saturated carbocycles. The molecular formula is C42H51NO7S2. The molecule has 4 aromatic carbocycles. The molecule has 8 nitrogen and oxygen atoms in total. The van der Waals surface area contributed by atoms with Crippen LogP contribution >= 0.6 is 23.5 Å². The molecule has 0 bridgehead atoms. The van der Waals surface area contributed by atoms with Crippen molar-refractivity contribution in [2.24, 2.45) is 0 Å². The fourth-order valence-electron chi connectivity index (χ4n) is 5.88. The molecule has 1 saturated heterocycles. The Morgan fingerprint density at radius 1 is 0.692 bits per heavy atom. The van der Waals surface area contributed by atoms with Crippen LogP contribution in [0.4, 0.5) is 4.79 Å². The van der Waals surface area contributed by atoms with E-state index in [1.54, 1.807) is 28.6 Å². The molecule has 0 amide bonds. The topological polar surface area (TPSA) is 75.7 Å². The lowest BCUT2D eigenvalue weighted by atomic mass is 9.85. The zero-order chi connectivity index (χ0) is 36.8. The quantitative estimate of drug-likeness (QED) is 0.0593. The predicted molar refractivity (Wildman–Crippen MR) is 208 cm³/mol. The van der Waals surface area contributed by atoms with Crippen molar-refractivity contribution in [1.29, 1.82) is 0 Å². The highest BCUT2D eigenvalue weighted by Crippen LogP contribution is 2.35. The summed E-state index contributed by atoms with van der Waals surface area (Å²) in [6.07, 6.45) is 3.42. The first-order chi connectivity index (χ1) is 25.2. The van der Waals surface area contributed by atoms with Gasteiger partial charge in [0.15, 0.2) is 0 Å². The van der Waals surface area contributed by atoms with Gasteiger partial charge in [0.1, 0.15) is 11.4 Å². The van der Waals surface area contributed by atoms with E-state index >= 15 is 0 Å². The number of thioether (sulfide) groups is 2. The van der Waals surface area contributed by atoms with Gasteiger partial charge in [-0.15, -0.1) is 28.6 Å². The van der Waals surface area contributed by atoms with Crippen LogP contribution in [-0.4, -0.2) is 67.8 Å². The molecule has 3 atom stereocenters. The molecule has 0 radical (unpaired) electrons. The largest absolute Gasteiger partial charge is 0.528 e. The van der Waals surface area contributed by atoms with Gasteiger partial charge in [0, 0.05) is 22.1 Å². The SMILES string of the molecule is CSc1ccc(CO[C@H]2CN(OC(=O)OC(C)(C)C)C[C@@H](OCc3ccc(SC)cc3)C2c2ccc(OCCCOCc3ccccc3)cc2)cc1. The summed E-state index contributed by atoms with van der Waals surface area (Å²) in [5, 5.41) is 1.62. The number of rotatable bonds is 17. The number of benzene rings is 4. The molecule has 1 aliphatic rings. The standard InChI is InChI=1S/C42H51NO7S2/c1-42(2,3)49-41(44)50-43-26-38(47-29-32-12-20-36(51-4)21-13-32)40(39(27-43)48-30-33-14-22-37(52-5)23-15-33)34-16-18-35(19-17-34)46-25-9-24-45-28-31-10-7-6-8-11-31/h6-8,10-23,38-40H,9,24-30H2,1-5H3/t38-,39+,40?. The first kappa shape index (κ1) is 39.7. The highest BCUT2D eigenvalue weighted by molar-refractivity contribution is 7.98. The van der Waals surface area contributed by atoms with Gasteiger partial charge in [0.05, 0.1) is 58.3 Å². The third kappa shape index (κ3) is 12.9. The monoisotopic (exact) mass is 745 g/mol. The maximum atomic E-state index is 12.8. The lowest BCUT2D eigenvalue weighted by Crippen LogP contribution is -2.53. The van der Waals surface area contributed by atoms with E-state index < -0.39 is 11.8 Å². The van der Waals surface area contributed by atoms with Crippen molar-refractivity contribution in [2.75, 3.05) is 38.8 Å². The number of carbonyl (C=O) groups excluding carboxylic acids is 1. The Balaban J connectivity index is 1.31. The Bertz CT molecular complexity index is 1570. The second-order valence-corrected chi connectivity index (χ2v) is 15.4. The highest BCUT2D eigenvalue weighted by atomic mass is 32.2. The molecular weight excluding hydrogens is 695 g/mol. The lowest BCUT2D eigenvalue weighted by Gasteiger charge is -2.42. The molecule has 278 valence electrons. The molecule has 0 spiro atoms. The van der Waals surface area contributed by atoms with Crippen LogP contribution in [0, 0.1) is 0 Å². The summed E-state index contributed by atoms with van der Waals surface area (Å²) in [6.45, 7) is 8.69. The van der Waals surface area contributed by atoms with Crippen LogP contribution < -0.4 is 4.74 Å². The Morgan fingerprint density at radius 3 is 1.75 bits per heavy atom. The molecule has 0 N–H and O–H groups in total. The van der Waals surface area contributed by atoms with Gasteiger partial charge < -0.3 is 28.5 Å². The molecule has 1 aliphatic heterocycles. The van der Waals surface area contributed by atoms with Gasteiger partial charge in [-0.1, -0.05) is 66.7 Å². The van der Waals surface area contributed by atoms with E-state index in [4.69, 9.17) is 28.5 Å². The van der Waals surface area contributed by atoms with Crippen LogP contribution in [0.15, 0.2) is 113 Å². The van der Waals surface area contributed by atoms with Crippen LogP contribution in [0.25, 0.3) is 0 Å². The average molecular weight is 746 g/mol. The Morgan fingerprint density at radius 2 is 1.23 bits per heavy atom. The van der Waals surface area contributed by atoms with Gasteiger partial charge >= 0.3 is 6.16 Å². The summed E-state index contributed by atoms with van der Waals surface area (Å²) in [6, 6.07) is 35.1. The maximum absolute atomic E-state index is 12.8. The first-order valence-corrected chi connectivity index (χ1v) is 20.1. The number of carbonyl (C=O) groups is 1. The summed E-state index contributed by atoms with van der Waals surface area (Å²) in [7, 11) is 0. The molecule has 5 rings (SSSR count). The third-order valence-corrected chi connectivity index (χ3v) is 9.97. The smallest absolute Gasteiger partial charge is 0.494 e. The number of hydrogen-bond donors (Lipinski definition) is 0. The van der Waals surface area contributed by atoms with Crippen LogP contribution in [0.5, 0.6) is 5.75 Å². The van der Waals surface area contributed by atoms with Gasteiger partial charge in [-0.2, -0.15) is 0 Å². The minimum absolute atomic E-state index is 0.158. The van der Waals surface area contributed by atoms with E-state index in [1.807, 2.05) is 51.1 Å². The number of hydrogen-bond acceptors (Lipinski definition) is 10. The van der Waals surface area contributed by atoms with Crippen molar-refractivity contribution in [2.45, 2.75) is 80.5 Å². The summed E-state index contributed by atoms with van der Waals surface area (Å²) in [5.41, 5.74) is 3.65. The van der Waals surface area contributed by atoms with Crippen LogP contribution in [0.1, 0.15) is 55.4 Å². The summed E-state index contributed by atoms with van der Waals surface area (Å²) in [4.78, 5) is 21.0. The molecule has 0 aliphatic carbocycles. The summed E-state index contributed by atoms with van der Waals surface area (Å²) >= 11 is 3.41. The van der Waals surface area contributed by atoms with Crippen molar-refractivity contribution in [3.05, 3.63) is 125 Å². The fraction of sp³-hybridized carbons (Fsp3) is 0.405. The van der Waals surface area contributed by atoms with Crippen LogP contribution in [0.2, 0.25) is 0 Å². The molecule has 1 fully saturated rings. The molecule has 4 aromatic rings. The van der Waals surface area contributed by atoms with Crippen LogP contribution in [-0.2, 0) is 43.6 Å². The normalized spacial score (nSPS) is 17.8. The Hall–Kier alpha value is -3.51. The van der Waals surface area contributed by atoms with E-state index in [-0.39, 0.29) is 18.1 Å². The molecule has 52 heavy (non-hydrogen) atoms. The van der Waals surface area contributed by atoms with Crippen molar-refractivity contribution >= 4 is 29.7 Å². The molecule has 0 aromatic heterocycles. The number of ether oxygens (including phenoxy) is 5. The van der Waals surface area contributed by atoms with E-state index in [9.17, 15) is 4.79 Å². The van der Waals surface area contributed by atoms with Gasteiger partial charge in [0.25, 0.3) is 0 Å². The fourth-order valence-corrected chi connectivity index (χ4v) is 6.70. The van der Waals surface area contributed by atoms with Crippen molar-refractivity contribution in [1.82, 2.24) is 5.06 Å². The third-order valence-electron chi connectivity index (χ3n) is 8.49. The van der Waals surface area contributed by atoms with E-state index in [0.717, 1.165) is 34.4 Å². The second kappa shape index (κ2) is 20.1. The Labute approximate surface area is 317 Å². The van der Waals surface area contributed by atoms with Gasteiger partial charge in [-0.3, -0.25) is 0 Å². The summed E-state index contributed by atoms with van der Waals surface area (Å²) in [5.74, 6) is 0.630. The average Bonchev–Trinajstić information content (AvgIpc) is 3.14. The molecule has 10 heteroatoms. The number of nitrogens with zero attached hydrogens (tertiary/aromatic N) is 1. The van der Waals surface area contributed by atoms with Crippen molar-refractivity contribution < 1.29 is 33.3 Å². The lowest BCUT2D eigenvalue weighted by molar-refractivity contribution is -0.209. The van der Waals surface area contributed by atoms with Gasteiger partial charge in [-0.25, -0.2) is 4.79 Å². The van der Waals surface area contributed by atoms with Crippen molar-refractivity contribution in [3.63, 3.8) is 0 Å². The highest BCUT2D eigenvalue weighted by Gasteiger charge is 2.41. The van der Waals surface area contributed by atoms with Crippen LogP contribution in [0.3, 0.4) is 0 Å². The minimum atomic E-state index is -0.754. The maximum Gasteiger partial charge on any atom is 0.528 e. The molecule has 1 heterocycles. The minimum Gasteiger partial charge on any atom is -0.494 e. The zero-order valence-electron chi connectivity index (χ0n) is 30.8. The zero-order valence-corrected chi connectivity index (χ0v) is 32.5. The molecule has 1 unspecified atom stereocenters. The Kier molecular flexibility index (Phi) is 15.3. The van der Waals surface area contributed by atoms with E-state index in [2.05, 4.69) is 85.3 Å². The number of piperidine rings is 1. The van der Waals surface area contributed by atoms with Gasteiger partial charge in [0.2, 0.25) is 0 Å². The predicted octanol–water partition coefficient (Wildman–Crippen LogP) is 9.55. The summed E-state index contributed by atoms with van der Waals surface area (Å²) < 4.78 is 30.8. The number of hydroxylamine groups is 2. The van der Waals surface area contributed by atoms with Crippen molar-refractivity contribution in [3.8, 4) is 5.75 Å². The second-order valence-electron chi connectivity index (χ2n) is 13.6. The first-order valence-electron chi connectivity index (χ1n) is 17.7. The van der Waals surface area contributed by atoms with Gasteiger partial charge in [-0.05, 0) is 91.9 Å². The van der Waals surface area contributed by atoms with E-state index in [1.165, 1.54) is 9.79 Å².